The molecular formula is C21H25ClO2. The third-order valence-corrected chi connectivity index (χ3v) is 4.20. The fourth-order valence-corrected chi connectivity index (χ4v) is 3.10. The van der Waals surface area contributed by atoms with E-state index in [-0.39, 0.29) is 11.3 Å². The van der Waals surface area contributed by atoms with E-state index in [1.165, 1.54) is 16.7 Å². The molecule has 0 aromatic heterocycles. The average molecular weight is 345 g/mol. The minimum atomic E-state index is 0.0392. The Bertz CT molecular complexity index is 610. The molecule has 0 aliphatic rings. The summed E-state index contributed by atoms with van der Waals surface area (Å²) in [6.07, 6.45) is 3.04. The van der Waals surface area contributed by atoms with E-state index in [0.29, 0.717) is 0 Å². The van der Waals surface area contributed by atoms with E-state index < -0.39 is 0 Å². The van der Waals surface area contributed by atoms with Crippen LogP contribution in [0, 0.1) is 0 Å². The van der Waals surface area contributed by atoms with Gasteiger partial charge in [-0.15, -0.1) is 11.6 Å². The van der Waals surface area contributed by atoms with Crippen LogP contribution in [0.3, 0.4) is 0 Å². The molecular weight excluding hydrogens is 320 g/mol. The van der Waals surface area contributed by atoms with Gasteiger partial charge in [0.25, 0.3) is 0 Å². The minimum Gasteiger partial charge on any atom is -0.497 e. The zero-order valence-corrected chi connectivity index (χ0v) is 15.5. The Kier molecular flexibility index (Phi) is 6.74. The molecule has 0 radical (unpaired) electrons. The molecule has 2 aromatic carbocycles. The Morgan fingerprint density at radius 1 is 0.917 bits per heavy atom. The zero-order chi connectivity index (χ0) is 17.5. The fraction of sp³-hybridized carbons (Fsp3) is 0.333. The molecule has 0 amide bonds. The van der Waals surface area contributed by atoms with Gasteiger partial charge in [-0.25, -0.2) is 0 Å². The van der Waals surface area contributed by atoms with Crippen LogP contribution < -0.4 is 9.47 Å². The van der Waals surface area contributed by atoms with Gasteiger partial charge in [-0.2, -0.15) is 0 Å². The lowest BCUT2D eigenvalue weighted by Crippen LogP contribution is -2.03. The number of ether oxygens (including phenoxy) is 2. The van der Waals surface area contributed by atoms with Gasteiger partial charge in [0.1, 0.15) is 11.5 Å². The second kappa shape index (κ2) is 8.79. The number of alkyl halides is 1. The highest BCUT2D eigenvalue weighted by Crippen LogP contribution is 2.33. The monoisotopic (exact) mass is 344 g/mol. The maximum atomic E-state index is 6.12. The highest BCUT2D eigenvalue weighted by atomic mass is 35.5. The maximum Gasteiger partial charge on any atom is 0.118 e. The van der Waals surface area contributed by atoms with E-state index in [0.717, 1.165) is 17.9 Å². The molecule has 24 heavy (non-hydrogen) atoms. The van der Waals surface area contributed by atoms with Gasteiger partial charge >= 0.3 is 0 Å². The number of allylic oxidation sites excluding steroid dienone is 2. The first-order valence-electron chi connectivity index (χ1n) is 8.12. The summed E-state index contributed by atoms with van der Waals surface area (Å²) in [4.78, 5) is 0. The molecule has 0 bridgehead atoms. The van der Waals surface area contributed by atoms with Crippen molar-refractivity contribution in [3.8, 4) is 11.5 Å². The van der Waals surface area contributed by atoms with Crippen molar-refractivity contribution in [2.45, 2.75) is 31.6 Å². The lowest BCUT2D eigenvalue weighted by atomic mass is 9.86. The summed E-state index contributed by atoms with van der Waals surface area (Å²) in [5.74, 6) is 2.01. The molecule has 128 valence electrons. The largest absolute Gasteiger partial charge is 0.497 e. The summed E-state index contributed by atoms with van der Waals surface area (Å²) in [5, 5.41) is 0.0392. The van der Waals surface area contributed by atoms with Crippen LogP contribution in [0.25, 0.3) is 0 Å². The van der Waals surface area contributed by atoms with Gasteiger partial charge < -0.3 is 9.47 Å². The Labute approximate surface area is 150 Å². The van der Waals surface area contributed by atoms with Crippen molar-refractivity contribution in [3.05, 3.63) is 71.3 Å². The topological polar surface area (TPSA) is 18.5 Å². The summed E-state index contributed by atoms with van der Waals surface area (Å²) < 4.78 is 10.5. The van der Waals surface area contributed by atoms with Gasteiger partial charge in [-0.3, -0.25) is 0 Å². The molecule has 0 heterocycles. The smallest absolute Gasteiger partial charge is 0.118 e. The quantitative estimate of drug-likeness (QED) is 0.467. The van der Waals surface area contributed by atoms with Gasteiger partial charge in [0, 0.05) is 11.3 Å². The molecule has 0 fully saturated rings. The second-order valence-corrected chi connectivity index (χ2v) is 6.68. The highest BCUT2D eigenvalue weighted by molar-refractivity contribution is 6.21. The van der Waals surface area contributed by atoms with E-state index >= 15 is 0 Å². The van der Waals surface area contributed by atoms with Crippen molar-refractivity contribution in [1.82, 2.24) is 0 Å². The Balaban J connectivity index is 2.35. The standard InChI is InChI=1S/C21H25ClO2/c1-15(13-16(2)22)14-21(17-5-9-19(23-3)10-6-17)18-7-11-20(24-4)12-8-18/h5-13,16,21H,14H2,1-4H3/b15-13-. The van der Waals surface area contributed by atoms with E-state index in [9.17, 15) is 0 Å². The predicted molar refractivity (Wildman–Crippen MR) is 102 cm³/mol. The van der Waals surface area contributed by atoms with Gasteiger partial charge in [0.05, 0.1) is 14.2 Å². The summed E-state index contributed by atoms with van der Waals surface area (Å²) in [7, 11) is 3.37. The summed E-state index contributed by atoms with van der Waals surface area (Å²) in [5.41, 5.74) is 3.81. The number of hydrogen-bond acceptors (Lipinski definition) is 2. The summed E-state index contributed by atoms with van der Waals surface area (Å²) in [6, 6.07) is 16.6. The number of methoxy groups -OCH3 is 2. The van der Waals surface area contributed by atoms with Crippen molar-refractivity contribution >= 4 is 11.6 Å². The van der Waals surface area contributed by atoms with Gasteiger partial charge in [-0.05, 0) is 55.7 Å². The fourth-order valence-electron chi connectivity index (χ4n) is 2.88. The lowest BCUT2D eigenvalue weighted by molar-refractivity contribution is 0.414. The van der Waals surface area contributed by atoms with Crippen LogP contribution in [-0.2, 0) is 0 Å². The molecule has 2 rings (SSSR count). The molecule has 0 aliphatic carbocycles. The molecule has 1 atom stereocenters. The van der Waals surface area contributed by atoms with Gasteiger partial charge in [0.2, 0.25) is 0 Å². The first-order valence-corrected chi connectivity index (χ1v) is 8.56. The van der Waals surface area contributed by atoms with Gasteiger partial charge in [-0.1, -0.05) is 35.9 Å². The Morgan fingerprint density at radius 2 is 1.33 bits per heavy atom. The van der Waals surface area contributed by atoms with Crippen LogP contribution in [0.4, 0.5) is 0 Å². The molecule has 0 saturated heterocycles. The molecule has 0 aliphatic heterocycles. The maximum absolute atomic E-state index is 6.12. The number of halogens is 1. The SMILES string of the molecule is COc1ccc(C(C/C(C)=C\C(C)Cl)c2ccc(OC)cc2)cc1. The molecule has 0 N–H and O–H groups in total. The van der Waals surface area contributed by atoms with Crippen molar-refractivity contribution in [1.29, 1.82) is 0 Å². The molecule has 0 spiro atoms. The van der Waals surface area contributed by atoms with Gasteiger partial charge in [0.15, 0.2) is 0 Å². The second-order valence-electron chi connectivity index (χ2n) is 5.99. The van der Waals surface area contributed by atoms with Crippen molar-refractivity contribution in [2.75, 3.05) is 14.2 Å². The Hall–Kier alpha value is -1.93. The molecule has 1 unspecified atom stereocenters. The van der Waals surface area contributed by atoms with Crippen molar-refractivity contribution in [2.24, 2.45) is 0 Å². The molecule has 0 saturated carbocycles. The van der Waals surface area contributed by atoms with E-state index in [1.807, 2.05) is 31.2 Å². The summed E-state index contributed by atoms with van der Waals surface area (Å²) >= 11 is 6.12. The Morgan fingerprint density at radius 3 is 1.67 bits per heavy atom. The first-order chi connectivity index (χ1) is 11.5. The van der Waals surface area contributed by atoms with Crippen LogP contribution in [-0.4, -0.2) is 19.6 Å². The number of rotatable bonds is 7. The third kappa shape index (κ3) is 5.04. The average Bonchev–Trinajstić information content (AvgIpc) is 2.59. The van der Waals surface area contributed by atoms with Crippen LogP contribution in [0.1, 0.15) is 37.3 Å². The van der Waals surface area contributed by atoms with E-state index in [1.54, 1.807) is 14.2 Å². The number of hydrogen-bond donors (Lipinski definition) is 0. The third-order valence-electron chi connectivity index (χ3n) is 4.08. The lowest BCUT2D eigenvalue weighted by Gasteiger charge is -2.20. The molecule has 2 nitrogen and oxygen atoms in total. The molecule has 2 aromatic rings. The van der Waals surface area contributed by atoms with Crippen LogP contribution >= 0.6 is 11.6 Å². The zero-order valence-electron chi connectivity index (χ0n) is 14.8. The number of benzene rings is 2. The molecule has 3 heteroatoms. The highest BCUT2D eigenvalue weighted by Gasteiger charge is 2.15. The van der Waals surface area contributed by atoms with E-state index in [2.05, 4.69) is 37.3 Å². The normalized spacial score (nSPS) is 13.0. The predicted octanol–water partition coefficient (Wildman–Crippen LogP) is 5.80. The van der Waals surface area contributed by atoms with Crippen molar-refractivity contribution < 1.29 is 9.47 Å². The van der Waals surface area contributed by atoms with Crippen LogP contribution in [0.2, 0.25) is 0 Å². The van der Waals surface area contributed by atoms with Crippen molar-refractivity contribution in [3.63, 3.8) is 0 Å². The first kappa shape index (κ1) is 18.4. The minimum absolute atomic E-state index is 0.0392. The van der Waals surface area contributed by atoms with Crippen LogP contribution in [0.5, 0.6) is 11.5 Å². The van der Waals surface area contributed by atoms with Crippen LogP contribution in [0.15, 0.2) is 60.2 Å². The van der Waals surface area contributed by atoms with E-state index in [4.69, 9.17) is 21.1 Å². The summed E-state index contributed by atoms with van der Waals surface area (Å²) in [6.45, 7) is 4.12.